The molecule has 1 aromatic rings. The Morgan fingerprint density at radius 2 is 2.16 bits per heavy atom. The zero-order valence-corrected chi connectivity index (χ0v) is 15.0. The van der Waals surface area contributed by atoms with E-state index in [9.17, 15) is 19.7 Å². The highest BCUT2D eigenvalue weighted by atomic mass is 35.5. The fourth-order valence-electron chi connectivity index (χ4n) is 2.97. The zero-order chi connectivity index (χ0) is 17.9. The Labute approximate surface area is 152 Å². The summed E-state index contributed by atoms with van der Waals surface area (Å²) in [6.07, 6.45) is 0.855. The lowest BCUT2D eigenvalue weighted by atomic mass is 10.1. The Balaban J connectivity index is 0.00000312. The molecule has 0 aliphatic carbocycles. The minimum atomic E-state index is -0.712. The number of hydrogen-bond acceptors (Lipinski definition) is 5. The molecule has 0 saturated carbocycles. The van der Waals surface area contributed by atoms with Crippen molar-refractivity contribution in [2.45, 2.75) is 32.4 Å². The molecule has 1 saturated heterocycles. The van der Waals surface area contributed by atoms with Crippen LogP contribution in [0.1, 0.15) is 30.6 Å². The molecule has 0 radical (unpaired) electrons. The van der Waals surface area contributed by atoms with Gasteiger partial charge in [-0.2, -0.15) is 0 Å². The average molecular weight is 371 g/mol. The smallest absolute Gasteiger partial charge is 0.270 e. The summed E-state index contributed by atoms with van der Waals surface area (Å²) in [5.74, 6) is -0.400. The summed E-state index contributed by atoms with van der Waals surface area (Å²) in [7, 11) is 0. The van der Waals surface area contributed by atoms with Gasteiger partial charge in [0.2, 0.25) is 5.91 Å². The van der Waals surface area contributed by atoms with Gasteiger partial charge in [0, 0.05) is 30.3 Å². The number of carbonyl (C=O) groups excluding carboxylic acids is 2. The van der Waals surface area contributed by atoms with Gasteiger partial charge in [0.25, 0.3) is 11.6 Å². The van der Waals surface area contributed by atoms with E-state index in [1.807, 2.05) is 6.92 Å². The van der Waals surface area contributed by atoms with Crippen LogP contribution in [0, 0.1) is 16.0 Å². The van der Waals surface area contributed by atoms with Gasteiger partial charge < -0.3 is 16.0 Å². The van der Waals surface area contributed by atoms with Crippen LogP contribution in [0.5, 0.6) is 0 Å². The first-order chi connectivity index (χ1) is 11.3. The topological polar surface area (TPSA) is 119 Å². The Bertz CT molecular complexity index is 655. The van der Waals surface area contributed by atoms with E-state index in [2.05, 4.69) is 5.32 Å². The highest BCUT2D eigenvalue weighted by Gasteiger charge is 2.34. The number of nitro benzene ring substituents is 1. The molecule has 1 aliphatic rings. The molecule has 1 heterocycles. The molecule has 1 aromatic carbocycles. The van der Waals surface area contributed by atoms with Crippen molar-refractivity contribution in [3.63, 3.8) is 0 Å². The lowest BCUT2D eigenvalue weighted by Gasteiger charge is -2.25. The standard InChI is InChI=1S/C16H22N4O4.ClH/c1-10-6-12(8-17)9-19(10)16(22)11(2)18-15(21)13-4-3-5-14(7-13)20(23)24;/h3-5,7,10-12H,6,8-9,17H2,1-2H3,(H,18,21);1H. The van der Waals surface area contributed by atoms with E-state index in [1.165, 1.54) is 24.3 Å². The van der Waals surface area contributed by atoms with Crippen molar-refractivity contribution in [3.05, 3.63) is 39.9 Å². The largest absolute Gasteiger partial charge is 0.341 e. The Kier molecular flexibility index (Phi) is 7.32. The van der Waals surface area contributed by atoms with E-state index in [0.717, 1.165) is 6.42 Å². The van der Waals surface area contributed by atoms with Crippen LogP contribution in [-0.4, -0.2) is 46.8 Å². The number of amides is 2. The lowest BCUT2D eigenvalue weighted by molar-refractivity contribution is -0.384. The minimum Gasteiger partial charge on any atom is -0.341 e. The predicted molar refractivity (Wildman–Crippen MR) is 95.6 cm³/mol. The van der Waals surface area contributed by atoms with Gasteiger partial charge in [-0.05, 0) is 38.8 Å². The molecule has 0 aromatic heterocycles. The van der Waals surface area contributed by atoms with E-state index >= 15 is 0 Å². The number of benzene rings is 1. The van der Waals surface area contributed by atoms with E-state index in [-0.39, 0.29) is 41.5 Å². The molecular formula is C16H23ClN4O4. The Morgan fingerprint density at radius 3 is 2.72 bits per heavy atom. The molecule has 0 spiro atoms. The van der Waals surface area contributed by atoms with E-state index in [0.29, 0.717) is 13.1 Å². The van der Waals surface area contributed by atoms with Crippen LogP contribution in [0.2, 0.25) is 0 Å². The highest BCUT2D eigenvalue weighted by Crippen LogP contribution is 2.23. The Hall–Kier alpha value is -2.19. The number of halogens is 1. The van der Waals surface area contributed by atoms with Crippen molar-refractivity contribution >= 4 is 29.9 Å². The molecule has 8 nitrogen and oxygen atoms in total. The van der Waals surface area contributed by atoms with Crippen LogP contribution in [0.3, 0.4) is 0 Å². The summed E-state index contributed by atoms with van der Waals surface area (Å²) < 4.78 is 0. The second-order valence-electron chi connectivity index (χ2n) is 6.18. The van der Waals surface area contributed by atoms with Crippen LogP contribution in [-0.2, 0) is 4.79 Å². The average Bonchev–Trinajstić information content (AvgIpc) is 2.95. The van der Waals surface area contributed by atoms with Gasteiger partial charge in [0.05, 0.1) is 4.92 Å². The van der Waals surface area contributed by atoms with Crippen LogP contribution >= 0.6 is 12.4 Å². The first-order valence-corrected chi connectivity index (χ1v) is 7.89. The normalized spacial score (nSPS) is 20.5. The summed E-state index contributed by atoms with van der Waals surface area (Å²) in [4.78, 5) is 36.7. The first kappa shape index (κ1) is 20.9. The van der Waals surface area contributed by atoms with Gasteiger partial charge >= 0.3 is 0 Å². The number of carbonyl (C=O) groups is 2. The van der Waals surface area contributed by atoms with E-state index in [1.54, 1.807) is 11.8 Å². The molecule has 0 bridgehead atoms. The van der Waals surface area contributed by atoms with Crippen LogP contribution < -0.4 is 11.1 Å². The van der Waals surface area contributed by atoms with Crippen LogP contribution in [0.4, 0.5) is 5.69 Å². The molecule has 1 fully saturated rings. The van der Waals surface area contributed by atoms with Gasteiger partial charge in [-0.15, -0.1) is 12.4 Å². The molecule has 9 heteroatoms. The van der Waals surface area contributed by atoms with Crippen molar-refractivity contribution in [1.82, 2.24) is 10.2 Å². The molecule has 2 rings (SSSR count). The van der Waals surface area contributed by atoms with E-state index < -0.39 is 16.9 Å². The molecule has 3 unspecified atom stereocenters. The summed E-state index contributed by atoms with van der Waals surface area (Å²) in [5, 5.41) is 13.4. The molecule has 2 amide bonds. The summed E-state index contributed by atoms with van der Waals surface area (Å²) in [5.41, 5.74) is 5.65. The minimum absolute atomic E-state index is 0. The maximum absolute atomic E-state index is 12.5. The van der Waals surface area contributed by atoms with Gasteiger partial charge in [0.1, 0.15) is 6.04 Å². The fraction of sp³-hybridized carbons (Fsp3) is 0.500. The second kappa shape index (κ2) is 8.77. The zero-order valence-electron chi connectivity index (χ0n) is 14.2. The number of nitrogens with one attached hydrogen (secondary N) is 1. The summed E-state index contributed by atoms with van der Waals surface area (Å²) in [6, 6.07) is 4.79. The number of likely N-dealkylation sites (tertiary alicyclic amines) is 1. The van der Waals surface area contributed by atoms with Crippen LogP contribution in [0.15, 0.2) is 24.3 Å². The molecule has 25 heavy (non-hydrogen) atoms. The van der Waals surface area contributed by atoms with E-state index in [4.69, 9.17) is 5.73 Å². The monoisotopic (exact) mass is 370 g/mol. The van der Waals surface area contributed by atoms with Gasteiger partial charge in [-0.25, -0.2) is 0 Å². The third kappa shape index (κ3) is 4.90. The van der Waals surface area contributed by atoms with Crippen molar-refractivity contribution < 1.29 is 14.5 Å². The van der Waals surface area contributed by atoms with Gasteiger partial charge in [-0.3, -0.25) is 19.7 Å². The molecular weight excluding hydrogens is 348 g/mol. The van der Waals surface area contributed by atoms with Gasteiger partial charge in [0.15, 0.2) is 0 Å². The summed E-state index contributed by atoms with van der Waals surface area (Å²) in [6.45, 7) is 4.69. The first-order valence-electron chi connectivity index (χ1n) is 7.89. The molecule has 138 valence electrons. The number of hydrogen-bond donors (Lipinski definition) is 2. The predicted octanol–water partition coefficient (Wildman–Crippen LogP) is 1.33. The maximum Gasteiger partial charge on any atom is 0.270 e. The van der Waals surface area contributed by atoms with Crippen molar-refractivity contribution in [2.75, 3.05) is 13.1 Å². The van der Waals surface area contributed by atoms with Crippen LogP contribution in [0.25, 0.3) is 0 Å². The third-order valence-electron chi connectivity index (χ3n) is 4.31. The molecule has 3 N–H and O–H groups in total. The van der Waals surface area contributed by atoms with Crippen molar-refractivity contribution in [1.29, 1.82) is 0 Å². The number of rotatable bonds is 5. The number of nitrogens with zero attached hydrogens (tertiary/aromatic N) is 2. The molecule has 3 atom stereocenters. The highest BCUT2D eigenvalue weighted by molar-refractivity contribution is 5.97. The lowest BCUT2D eigenvalue weighted by Crippen LogP contribution is -2.48. The number of nitro groups is 1. The SMILES string of the molecule is CC(NC(=O)c1cccc([N+](=O)[O-])c1)C(=O)N1CC(CN)CC1C.Cl. The number of nitrogens with two attached hydrogens (primary N) is 1. The second-order valence-corrected chi connectivity index (χ2v) is 6.18. The van der Waals surface area contributed by atoms with Gasteiger partial charge in [-0.1, -0.05) is 6.07 Å². The van der Waals surface area contributed by atoms with Crippen molar-refractivity contribution in [2.24, 2.45) is 11.7 Å². The third-order valence-corrected chi connectivity index (χ3v) is 4.31. The number of non-ortho nitro benzene ring substituents is 1. The maximum atomic E-state index is 12.5. The molecule has 1 aliphatic heterocycles. The van der Waals surface area contributed by atoms with Crippen molar-refractivity contribution in [3.8, 4) is 0 Å². The fourth-order valence-corrected chi connectivity index (χ4v) is 2.97. The Morgan fingerprint density at radius 1 is 1.48 bits per heavy atom. The quantitative estimate of drug-likeness (QED) is 0.598. The summed E-state index contributed by atoms with van der Waals surface area (Å²) >= 11 is 0.